The lowest BCUT2D eigenvalue weighted by molar-refractivity contribution is -0.120. The number of ether oxygens (including phenoxy) is 2. The minimum absolute atomic E-state index is 0.0686. The molecule has 0 spiro atoms. The van der Waals surface area contributed by atoms with E-state index < -0.39 is 5.91 Å². The molecule has 33 heavy (non-hydrogen) atoms. The number of hydrogen-bond donors (Lipinski definition) is 1. The van der Waals surface area contributed by atoms with Crippen LogP contribution < -0.4 is 9.47 Å². The number of benzene rings is 3. The van der Waals surface area contributed by atoms with Gasteiger partial charge in [-0.1, -0.05) is 54.6 Å². The normalized spacial score (nSPS) is 11.2. The van der Waals surface area contributed by atoms with Gasteiger partial charge in [0.15, 0.2) is 12.3 Å². The van der Waals surface area contributed by atoms with Crippen LogP contribution in [0, 0.1) is 13.8 Å². The maximum atomic E-state index is 12.2. The van der Waals surface area contributed by atoms with Crippen molar-refractivity contribution in [1.29, 1.82) is 0 Å². The van der Waals surface area contributed by atoms with Crippen LogP contribution in [0.25, 0.3) is 10.9 Å². The Morgan fingerprint density at radius 3 is 2.18 bits per heavy atom. The maximum Gasteiger partial charge on any atom is 0.302 e. The first kappa shape index (κ1) is 22.1. The molecule has 3 aromatic carbocycles. The average molecular weight is 444 g/mol. The predicted octanol–water partition coefficient (Wildman–Crippen LogP) is 5.73. The van der Waals surface area contributed by atoms with Crippen LogP contribution in [0.15, 0.2) is 83.0 Å². The van der Waals surface area contributed by atoms with Crippen molar-refractivity contribution in [2.45, 2.75) is 20.4 Å². The molecule has 1 amide bonds. The Labute approximate surface area is 191 Å². The minimum atomic E-state index is -0.544. The van der Waals surface area contributed by atoms with Crippen molar-refractivity contribution in [1.82, 2.24) is 4.57 Å². The number of rotatable bonds is 8. The zero-order chi connectivity index (χ0) is 23.2. The van der Waals surface area contributed by atoms with E-state index in [2.05, 4.69) is 10.2 Å². The van der Waals surface area contributed by atoms with E-state index in [1.54, 1.807) is 10.6 Å². The summed E-state index contributed by atoms with van der Waals surface area (Å²) in [6.07, 6.45) is 0. The van der Waals surface area contributed by atoms with Gasteiger partial charge in [0.05, 0.1) is 12.1 Å². The maximum absolute atomic E-state index is 12.2. The molecule has 7 heteroatoms. The molecule has 0 bridgehead atoms. The highest BCUT2D eigenvalue weighted by molar-refractivity contribution is 5.95. The van der Waals surface area contributed by atoms with Gasteiger partial charge in [-0.25, -0.2) is 0 Å². The van der Waals surface area contributed by atoms with Crippen molar-refractivity contribution in [3.05, 3.63) is 83.9 Å². The zero-order valence-electron chi connectivity index (χ0n) is 18.6. The van der Waals surface area contributed by atoms with Crippen LogP contribution in [0.3, 0.4) is 0 Å². The molecule has 4 aromatic rings. The van der Waals surface area contributed by atoms with Crippen LogP contribution in [-0.2, 0) is 11.3 Å². The molecule has 1 N–H and O–H groups in total. The van der Waals surface area contributed by atoms with Crippen molar-refractivity contribution in [3.63, 3.8) is 0 Å². The van der Waals surface area contributed by atoms with Gasteiger partial charge in [0.2, 0.25) is 5.88 Å². The van der Waals surface area contributed by atoms with Gasteiger partial charge in [-0.2, -0.15) is 0 Å². The Bertz CT molecular complexity index is 1310. The lowest BCUT2D eigenvalue weighted by atomic mass is 10.2. The van der Waals surface area contributed by atoms with Crippen LogP contribution >= 0.6 is 0 Å². The summed E-state index contributed by atoms with van der Waals surface area (Å²) in [5.41, 5.74) is 2.99. The second kappa shape index (κ2) is 9.99. The SMILES string of the molecule is Cc1ccccc1OCCn1c(O)c(N=NC(=O)COc2ccccc2C)c2ccccc21. The van der Waals surface area contributed by atoms with E-state index >= 15 is 0 Å². The molecule has 0 saturated carbocycles. The van der Waals surface area contributed by atoms with Crippen LogP contribution in [0.5, 0.6) is 17.4 Å². The lowest BCUT2D eigenvalue weighted by Crippen LogP contribution is -2.08. The molecule has 4 rings (SSSR count). The van der Waals surface area contributed by atoms with E-state index in [0.29, 0.717) is 24.3 Å². The molecule has 0 aliphatic carbocycles. The standard InChI is InChI=1S/C26H25N3O4/c1-18-9-3-7-13-22(18)32-16-15-29-21-12-6-5-11-20(21)25(26(29)31)28-27-24(30)17-33-23-14-8-4-10-19(23)2/h3-14,31H,15-17H2,1-2H3. The fourth-order valence-electron chi connectivity index (χ4n) is 3.55. The molecule has 0 radical (unpaired) electrons. The highest BCUT2D eigenvalue weighted by Crippen LogP contribution is 2.38. The quantitative estimate of drug-likeness (QED) is 0.352. The summed E-state index contributed by atoms with van der Waals surface area (Å²) in [5.74, 6) is 0.806. The molecular weight excluding hydrogens is 418 g/mol. The number of para-hydroxylation sites is 3. The lowest BCUT2D eigenvalue weighted by Gasteiger charge is -2.11. The first-order valence-corrected chi connectivity index (χ1v) is 10.7. The van der Waals surface area contributed by atoms with Gasteiger partial charge >= 0.3 is 5.91 Å². The van der Waals surface area contributed by atoms with Gasteiger partial charge in [-0.05, 0) is 43.2 Å². The Morgan fingerprint density at radius 1 is 0.879 bits per heavy atom. The molecule has 0 aliphatic heterocycles. The van der Waals surface area contributed by atoms with E-state index in [4.69, 9.17) is 9.47 Å². The number of nitrogens with zero attached hydrogens (tertiary/aromatic N) is 3. The van der Waals surface area contributed by atoms with Crippen molar-refractivity contribution in [3.8, 4) is 17.4 Å². The van der Waals surface area contributed by atoms with E-state index in [1.807, 2.05) is 80.6 Å². The van der Waals surface area contributed by atoms with Gasteiger partial charge < -0.3 is 19.1 Å². The second-order valence-corrected chi connectivity index (χ2v) is 7.60. The number of azo groups is 1. The highest BCUT2D eigenvalue weighted by atomic mass is 16.5. The molecule has 1 aromatic heterocycles. The third kappa shape index (κ3) is 5.03. The fourth-order valence-corrected chi connectivity index (χ4v) is 3.55. The molecule has 0 saturated heterocycles. The summed E-state index contributed by atoms with van der Waals surface area (Å²) in [6, 6.07) is 22.6. The van der Waals surface area contributed by atoms with Crippen LogP contribution in [0.1, 0.15) is 11.1 Å². The molecule has 0 fully saturated rings. The summed E-state index contributed by atoms with van der Waals surface area (Å²) in [4.78, 5) is 12.2. The number of aromatic hydroxyl groups is 1. The van der Waals surface area contributed by atoms with Crippen molar-refractivity contribution >= 4 is 22.5 Å². The van der Waals surface area contributed by atoms with Gasteiger partial charge in [-0.15, -0.1) is 10.2 Å². The van der Waals surface area contributed by atoms with Crippen LogP contribution in [-0.4, -0.2) is 28.8 Å². The number of hydrogen-bond acceptors (Lipinski definition) is 5. The predicted molar refractivity (Wildman–Crippen MR) is 126 cm³/mol. The number of carbonyl (C=O) groups is 1. The fraction of sp³-hybridized carbons (Fsp3) is 0.192. The summed E-state index contributed by atoms with van der Waals surface area (Å²) < 4.78 is 13.1. The van der Waals surface area contributed by atoms with Crippen LogP contribution in [0.4, 0.5) is 5.69 Å². The van der Waals surface area contributed by atoms with E-state index in [1.165, 1.54) is 0 Å². The van der Waals surface area contributed by atoms with Crippen molar-refractivity contribution < 1.29 is 19.4 Å². The van der Waals surface area contributed by atoms with Crippen molar-refractivity contribution in [2.75, 3.05) is 13.2 Å². The topological polar surface area (TPSA) is 85.4 Å². The Balaban J connectivity index is 1.48. The Kier molecular flexibility index (Phi) is 6.69. The number of fused-ring (bicyclic) bond motifs is 1. The molecular formula is C26H25N3O4. The molecule has 0 aliphatic rings. The van der Waals surface area contributed by atoms with Crippen molar-refractivity contribution in [2.24, 2.45) is 10.2 Å². The minimum Gasteiger partial charge on any atom is -0.493 e. The smallest absolute Gasteiger partial charge is 0.302 e. The number of aryl methyl sites for hydroxylation is 2. The summed E-state index contributed by atoms with van der Waals surface area (Å²) >= 11 is 0. The van der Waals surface area contributed by atoms with E-state index in [-0.39, 0.29) is 18.2 Å². The third-order valence-corrected chi connectivity index (χ3v) is 5.29. The molecule has 0 unspecified atom stereocenters. The largest absolute Gasteiger partial charge is 0.493 e. The monoisotopic (exact) mass is 443 g/mol. The summed E-state index contributed by atoms with van der Waals surface area (Å²) in [6.45, 7) is 4.41. The first-order valence-electron chi connectivity index (χ1n) is 10.7. The van der Waals surface area contributed by atoms with Gasteiger partial charge in [-0.3, -0.25) is 4.79 Å². The Morgan fingerprint density at radius 2 is 1.48 bits per heavy atom. The summed E-state index contributed by atoms with van der Waals surface area (Å²) in [5, 5.41) is 19.3. The molecule has 0 atom stereocenters. The first-order chi connectivity index (χ1) is 16.0. The Hall–Kier alpha value is -4.13. The van der Waals surface area contributed by atoms with Gasteiger partial charge in [0.1, 0.15) is 18.1 Å². The van der Waals surface area contributed by atoms with Crippen LogP contribution in [0.2, 0.25) is 0 Å². The molecule has 1 heterocycles. The average Bonchev–Trinajstić information content (AvgIpc) is 3.09. The number of carbonyl (C=O) groups excluding carboxylic acids is 1. The van der Waals surface area contributed by atoms with E-state index in [9.17, 15) is 9.90 Å². The highest BCUT2D eigenvalue weighted by Gasteiger charge is 2.17. The second-order valence-electron chi connectivity index (χ2n) is 7.60. The number of aromatic nitrogens is 1. The summed E-state index contributed by atoms with van der Waals surface area (Å²) in [7, 11) is 0. The van der Waals surface area contributed by atoms with Gasteiger partial charge in [0.25, 0.3) is 0 Å². The third-order valence-electron chi connectivity index (χ3n) is 5.29. The molecule has 7 nitrogen and oxygen atoms in total. The number of amides is 1. The zero-order valence-corrected chi connectivity index (χ0v) is 18.6. The van der Waals surface area contributed by atoms with Gasteiger partial charge in [0, 0.05) is 5.39 Å². The molecule has 168 valence electrons. The van der Waals surface area contributed by atoms with E-state index in [0.717, 1.165) is 22.4 Å².